The minimum Gasteiger partial charge on any atom is -0.307 e. The van der Waals surface area contributed by atoms with Crippen molar-refractivity contribution in [1.82, 2.24) is 20.0 Å². The van der Waals surface area contributed by atoms with E-state index in [-0.39, 0.29) is 69.7 Å². The van der Waals surface area contributed by atoms with Crippen LogP contribution in [0.1, 0.15) is 249 Å². The van der Waals surface area contributed by atoms with Gasteiger partial charge >= 0.3 is 0 Å². The molecule has 4 aliphatic heterocycles. The Morgan fingerprint density at radius 2 is 0.746 bits per heavy atom. The van der Waals surface area contributed by atoms with Gasteiger partial charge in [0.15, 0.2) is 0 Å². The van der Waals surface area contributed by atoms with Crippen molar-refractivity contribution in [3.63, 3.8) is 0 Å². The predicted octanol–water partition coefficient (Wildman–Crippen LogP) is 12.3. The Balaban J connectivity index is 0.000000316. The van der Waals surface area contributed by atoms with Crippen molar-refractivity contribution in [3.05, 3.63) is 0 Å². The number of nitrogens with one attached hydrogen (secondary N) is 1. The zero-order valence-electron chi connectivity index (χ0n) is 40.6. The Labute approximate surface area is 363 Å². The lowest BCUT2D eigenvalue weighted by atomic mass is 9.77. The monoisotopic (exact) mass is 827 g/mol. The first-order valence-electron chi connectivity index (χ1n) is 25.0. The lowest BCUT2D eigenvalue weighted by Gasteiger charge is -2.54. The van der Waals surface area contributed by atoms with Crippen LogP contribution >= 0.6 is 0 Å². The van der Waals surface area contributed by atoms with Crippen molar-refractivity contribution in [2.45, 2.75) is 283 Å². The van der Waals surface area contributed by atoms with Gasteiger partial charge in [0.1, 0.15) is 0 Å². The van der Waals surface area contributed by atoms with Crippen LogP contribution in [0.15, 0.2) is 0 Å². The summed E-state index contributed by atoms with van der Waals surface area (Å²) in [4.78, 5) is 57.3. The van der Waals surface area contributed by atoms with Crippen molar-refractivity contribution in [3.8, 4) is 0 Å². The second-order valence-electron chi connectivity index (χ2n) is 22.1. The van der Waals surface area contributed by atoms with Gasteiger partial charge in [0, 0.05) is 58.9 Å². The van der Waals surface area contributed by atoms with E-state index in [1.165, 1.54) is 116 Å². The first-order chi connectivity index (χ1) is 27.7. The molecule has 0 aromatic heterocycles. The third-order valence-corrected chi connectivity index (χ3v) is 14.6. The molecule has 342 valence electrons. The molecular weight excluding hydrogens is 733 g/mol. The largest absolute Gasteiger partial charge is 0.307 e. The Kier molecular flexibility index (Phi) is 21.1. The highest BCUT2D eigenvalue weighted by Gasteiger charge is 2.51. The first kappa shape index (κ1) is 51.5. The lowest BCUT2D eigenvalue weighted by molar-refractivity contribution is -0.147. The Bertz CT molecular complexity index is 1270. The number of imide groups is 2. The van der Waals surface area contributed by atoms with Gasteiger partial charge in [-0.05, 0) is 101 Å². The maximum absolute atomic E-state index is 13.1. The molecule has 0 bridgehead atoms. The molecule has 8 heteroatoms. The third kappa shape index (κ3) is 16.4. The van der Waals surface area contributed by atoms with Crippen molar-refractivity contribution in [2.75, 3.05) is 7.05 Å². The summed E-state index contributed by atoms with van der Waals surface area (Å²) in [5.74, 6) is 0.195. The number of piperidine rings is 2. The highest BCUT2D eigenvalue weighted by Crippen LogP contribution is 2.41. The number of rotatable bonds is 24. The molecule has 4 saturated heterocycles. The van der Waals surface area contributed by atoms with Gasteiger partial charge in [-0.3, -0.25) is 33.9 Å². The van der Waals surface area contributed by atoms with Crippen LogP contribution in [-0.2, 0) is 19.2 Å². The minimum absolute atomic E-state index is 0.0123. The standard InChI is InChI=1S/C26H48N2O2.C25H46N2O2/c1-7-8-9-10-11-12-13-14-15-16-17-21-18-23(29)28(24(21)30)22-19-25(2,3)27(6)26(4,5)20-22;1-6-7-8-9-10-11-12-13-14-15-16-20-17-22(28)27(23(20)29)21-18-24(2,3)26-25(4,5)19-21/h21-22H,7-20H2,1-6H3;20-21,26H,6-19H2,1-5H3. The highest BCUT2D eigenvalue weighted by molar-refractivity contribution is 6.04. The number of hydrogen-bond donors (Lipinski definition) is 1. The van der Waals surface area contributed by atoms with Crippen LogP contribution in [-0.4, -0.2) is 79.6 Å². The van der Waals surface area contributed by atoms with E-state index in [2.05, 4.69) is 86.5 Å². The quantitative estimate of drug-likeness (QED) is 0.0770. The normalized spacial score (nSPS) is 24.6. The van der Waals surface area contributed by atoms with E-state index < -0.39 is 0 Å². The van der Waals surface area contributed by atoms with E-state index in [4.69, 9.17) is 0 Å². The third-order valence-electron chi connectivity index (χ3n) is 14.6. The summed E-state index contributed by atoms with van der Waals surface area (Å²) in [5, 5.41) is 3.65. The molecule has 0 aliphatic carbocycles. The van der Waals surface area contributed by atoms with Crippen LogP contribution < -0.4 is 5.32 Å². The molecule has 4 amide bonds. The fourth-order valence-corrected chi connectivity index (χ4v) is 11.4. The minimum atomic E-state index is -0.0718. The van der Waals surface area contributed by atoms with Crippen molar-refractivity contribution in [1.29, 1.82) is 0 Å². The molecular formula is C51H94N4O4. The fourth-order valence-electron chi connectivity index (χ4n) is 11.4. The molecule has 4 heterocycles. The fraction of sp³-hybridized carbons (Fsp3) is 0.922. The van der Waals surface area contributed by atoms with Gasteiger partial charge in [-0.15, -0.1) is 0 Å². The molecule has 4 rings (SSSR count). The van der Waals surface area contributed by atoms with Crippen LogP contribution in [0.3, 0.4) is 0 Å². The Hall–Kier alpha value is -1.80. The smallest absolute Gasteiger partial charge is 0.233 e. The van der Waals surface area contributed by atoms with Crippen LogP contribution in [0.5, 0.6) is 0 Å². The molecule has 2 atom stereocenters. The van der Waals surface area contributed by atoms with Gasteiger partial charge in [-0.1, -0.05) is 142 Å². The second-order valence-corrected chi connectivity index (χ2v) is 22.1. The topological polar surface area (TPSA) is 90.0 Å². The maximum Gasteiger partial charge on any atom is 0.233 e. The molecule has 8 nitrogen and oxygen atoms in total. The van der Waals surface area contributed by atoms with Crippen LogP contribution in [0.25, 0.3) is 0 Å². The van der Waals surface area contributed by atoms with E-state index in [1.807, 2.05) is 0 Å². The molecule has 0 radical (unpaired) electrons. The van der Waals surface area contributed by atoms with Crippen molar-refractivity contribution >= 4 is 23.6 Å². The van der Waals surface area contributed by atoms with Gasteiger partial charge in [-0.2, -0.15) is 0 Å². The molecule has 0 spiro atoms. The summed E-state index contributed by atoms with van der Waals surface area (Å²) < 4.78 is 0. The van der Waals surface area contributed by atoms with Crippen LogP contribution in [0.2, 0.25) is 0 Å². The zero-order chi connectivity index (χ0) is 43.9. The van der Waals surface area contributed by atoms with Gasteiger partial charge in [0.05, 0.1) is 0 Å². The van der Waals surface area contributed by atoms with Crippen LogP contribution in [0, 0.1) is 11.8 Å². The number of carbonyl (C=O) groups is 4. The van der Waals surface area contributed by atoms with Crippen LogP contribution in [0.4, 0.5) is 0 Å². The summed E-state index contributed by atoms with van der Waals surface area (Å²) in [6.45, 7) is 22.1. The average Bonchev–Trinajstić information content (AvgIpc) is 3.58. The summed E-state index contributed by atoms with van der Waals surface area (Å²) in [6, 6.07) is 0.0860. The molecule has 1 N–H and O–H groups in total. The average molecular weight is 827 g/mol. The Morgan fingerprint density at radius 1 is 0.458 bits per heavy atom. The maximum atomic E-state index is 13.1. The lowest BCUT2D eigenvalue weighted by Crippen LogP contribution is -2.63. The van der Waals surface area contributed by atoms with E-state index >= 15 is 0 Å². The molecule has 0 aromatic carbocycles. The van der Waals surface area contributed by atoms with Gasteiger partial charge in [0.2, 0.25) is 23.6 Å². The SMILES string of the molecule is CCCCCCCCCCCCC1CC(=O)N(C2CC(C)(C)N(C)C(C)(C)C2)C1=O.CCCCCCCCCCCCC1CC(=O)N(C2CC(C)(C)NC(C)(C)C2)C1=O. The number of nitrogens with zero attached hydrogens (tertiary/aromatic N) is 3. The first-order valence-corrected chi connectivity index (χ1v) is 25.0. The van der Waals surface area contributed by atoms with Gasteiger partial charge in [0.25, 0.3) is 0 Å². The number of unbranched alkanes of at least 4 members (excludes halogenated alkanes) is 18. The molecule has 0 saturated carbocycles. The molecule has 4 fully saturated rings. The summed E-state index contributed by atoms with van der Waals surface area (Å²) in [7, 11) is 2.16. The van der Waals surface area contributed by atoms with Crippen molar-refractivity contribution in [2.24, 2.45) is 11.8 Å². The summed E-state index contributed by atoms with van der Waals surface area (Å²) in [5.41, 5.74) is -0.133. The highest BCUT2D eigenvalue weighted by atomic mass is 16.2. The molecule has 59 heavy (non-hydrogen) atoms. The second kappa shape index (κ2) is 24.2. The van der Waals surface area contributed by atoms with E-state index in [0.29, 0.717) is 12.8 Å². The molecule has 4 aliphatic rings. The van der Waals surface area contributed by atoms with E-state index in [1.54, 1.807) is 9.80 Å². The van der Waals surface area contributed by atoms with Gasteiger partial charge < -0.3 is 5.32 Å². The predicted molar refractivity (Wildman–Crippen MR) is 246 cm³/mol. The Morgan fingerprint density at radius 3 is 1.07 bits per heavy atom. The molecule has 0 aromatic rings. The van der Waals surface area contributed by atoms with Gasteiger partial charge in [-0.25, -0.2) is 0 Å². The zero-order valence-corrected chi connectivity index (χ0v) is 40.6. The number of amides is 4. The van der Waals surface area contributed by atoms with E-state index in [0.717, 1.165) is 51.4 Å². The number of likely N-dealkylation sites (tertiary alicyclic amines) is 3. The molecule has 2 unspecified atom stereocenters. The summed E-state index contributed by atoms with van der Waals surface area (Å²) in [6.07, 6.45) is 32.1. The number of carbonyl (C=O) groups excluding carboxylic acids is 4. The summed E-state index contributed by atoms with van der Waals surface area (Å²) >= 11 is 0. The van der Waals surface area contributed by atoms with E-state index in [9.17, 15) is 19.2 Å². The number of hydrogen-bond acceptors (Lipinski definition) is 6. The van der Waals surface area contributed by atoms with Crippen molar-refractivity contribution < 1.29 is 19.2 Å².